The molecule has 40 heavy (non-hydrogen) atoms. The molecule has 1 saturated carbocycles. The average Bonchev–Trinajstić information content (AvgIpc) is 2.95. The Balaban J connectivity index is 1.27. The largest absolute Gasteiger partial charge is 0.573 e. The van der Waals surface area contributed by atoms with Crippen molar-refractivity contribution in [1.29, 1.82) is 0 Å². The first-order valence-electron chi connectivity index (χ1n) is 13.3. The number of amides is 1. The number of nitrogens with one attached hydrogen (secondary N) is 4. The molecule has 4 rings (SSSR count). The van der Waals surface area contributed by atoms with E-state index in [9.17, 15) is 18.0 Å². The van der Waals surface area contributed by atoms with Crippen LogP contribution in [-0.4, -0.2) is 46.9 Å². The van der Waals surface area contributed by atoms with Gasteiger partial charge in [0, 0.05) is 37.7 Å². The van der Waals surface area contributed by atoms with E-state index in [0.29, 0.717) is 37.2 Å². The minimum absolute atomic E-state index is 0.0421. The van der Waals surface area contributed by atoms with E-state index >= 15 is 0 Å². The standard InChI is InChI=1S/C28H34F3N7O2/c1-18(19-8-4-3-5-9-19)16-34-26-36-25(32-2)37-27(38-26)35-22-14-12-20(13-15-22)24(39)33-17-21-10-6-7-11-23(21)40-28(29,30)31/h3-11,18,20,22H,12-17H2,1-2H3,(H,33,39)(H3,32,34,35,36,37,38). The van der Waals surface area contributed by atoms with E-state index in [1.54, 1.807) is 13.1 Å². The maximum atomic E-state index is 12.7. The van der Waals surface area contributed by atoms with E-state index in [4.69, 9.17) is 0 Å². The zero-order chi connectivity index (χ0) is 28.5. The van der Waals surface area contributed by atoms with Gasteiger partial charge in [-0.1, -0.05) is 55.5 Å². The summed E-state index contributed by atoms with van der Waals surface area (Å²) in [5.41, 5.74) is 1.48. The Labute approximate surface area is 231 Å². The Morgan fingerprint density at radius 1 is 0.950 bits per heavy atom. The lowest BCUT2D eigenvalue weighted by atomic mass is 9.85. The Bertz CT molecular complexity index is 1250. The molecule has 0 spiro atoms. The Morgan fingerprint density at radius 2 is 1.60 bits per heavy atom. The van der Waals surface area contributed by atoms with Crippen molar-refractivity contribution in [3.8, 4) is 5.75 Å². The van der Waals surface area contributed by atoms with E-state index in [2.05, 4.69) is 60.0 Å². The molecule has 214 valence electrons. The summed E-state index contributed by atoms with van der Waals surface area (Å²) < 4.78 is 42.1. The summed E-state index contributed by atoms with van der Waals surface area (Å²) in [6, 6.07) is 16.1. The number of ether oxygens (including phenoxy) is 1. The van der Waals surface area contributed by atoms with Crippen LogP contribution in [0.3, 0.4) is 0 Å². The number of anilines is 3. The van der Waals surface area contributed by atoms with Crippen LogP contribution in [0.15, 0.2) is 54.6 Å². The number of nitrogens with zero attached hydrogens (tertiary/aromatic N) is 3. The Kier molecular flexibility index (Phi) is 9.62. The van der Waals surface area contributed by atoms with Crippen molar-refractivity contribution in [2.75, 3.05) is 29.5 Å². The van der Waals surface area contributed by atoms with Crippen molar-refractivity contribution < 1.29 is 22.7 Å². The fourth-order valence-electron chi connectivity index (χ4n) is 4.66. The van der Waals surface area contributed by atoms with Crippen LogP contribution >= 0.6 is 0 Å². The van der Waals surface area contributed by atoms with Crippen molar-refractivity contribution in [2.45, 2.75) is 57.5 Å². The van der Waals surface area contributed by atoms with Crippen molar-refractivity contribution >= 4 is 23.8 Å². The summed E-state index contributed by atoms with van der Waals surface area (Å²) in [6.45, 7) is 2.74. The Hall–Kier alpha value is -4.09. The van der Waals surface area contributed by atoms with Crippen LogP contribution in [0.2, 0.25) is 0 Å². The van der Waals surface area contributed by atoms with Gasteiger partial charge in [0.05, 0.1) is 0 Å². The van der Waals surface area contributed by atoms with Gasteiger partial charge in [0.25, 0.3) is 0 Å². The fourth-order valence-corrected chi connectivity index (χ4v) is 4.66. The highest BCUT2D eigenvalue weighted by atomic mass is 19.4. The second-order valence-corrected chi connectivity index (χ2v) is 9.82. The SMILES string of the molecule is CNc1nc(NCC(C)c2ccccc2)nc(NC2CCC(C(=O)NCc3ccccc3OC(F)(F)F)CC2)n1. The summed E-state index contributed by atoms with van der Waals surface area (Å²) in [7, 11) is 1.74. The molecule has 1 aromatic heterocycles. The van der Waals surface area contributed by atoms with Gasteiger partial charge in [0.15, 0.2) is 0 Å². The average molecular weight is 558 g/mol. The third-order valence-electron chi connectivity index (χ3n) is 6.88. The van der Waals surface area contributed by atoms with Gasteiger partial charge in [-0.25, -0.2) is 0 Å². The highest BCUT2D eigenvalue weighted by Crippen LogP contribution is 2.28. The first-order valence-corrected chi connectivity index (χ1v) is 13.3. The third-order valence-corrected chi connectivity index (χ3v) is 6.88. The van der Waals surface area contributed by atoms with Crippen LogP contribution in [0.4, 0.5) is 31.0 Å². The van der Waals surface area contributed by atoms with Crippen molar-refractivity contribution in [1.82, 2.24) is 20.3 Å². The maximum absolute atomic E-state index is 12.7. The normalized spacial score (nSPS) is 17.9. The second kappa shape index (κ2) is 13.3. The third kappa shape index (κ3) is 8.45. The number of rotatable bonds is 11. The monoisotopic (exact) mass is 557 g/mol. The molecule has 4 N–H and O–H groups in total. The first kappa shape index (κ1) is 28.9. The molecule has 0 saturated heterocycles. The summed E-state index contributed by atoms with van der Waals surface area (Å²) in [6.07, 6.45) is -2.09. The molecule has 1 aliphatic carbocycles. The molecule has 1 atom stereocenters. The number of hydrogen-bond donors (Lipinski definition) is 4. The lowest BCUT2D eigenvalue weighted by Gasteiger charge is -2.28. The number of halogens is 3. The molecular weight excluding hydrogens is 523 g/mol. The number of carbonyl (C=O) groups excluding carboxylic acids is 1. The zero-order valence-corrected chi connectivity index (χ0v) is 22.5. The van der Waals surface area contributed by atoms with Crippen molar-refractivity contribution in [3.05, 3.63) is 65.7 Å². The van der Waals surface area contributed by atoms with Gasteiger partial charge >= 0.3 is 6.36 Å². The molecule has 1 fully saturated rings. The van der Waals surface area contributed by atoms with Gasteiger partial charge in [-0.05, 0) is 43.2 Å². The molecule has 1 aliphatic rings. The molecule has 3 aromatic rings. The number of carbonyl (C=O) groups is 1. The lowest BCUT2D eigenvalue weighted by Crippen LogP contribution is -2.36. The van der Waals surface area contributed by atoms with Crippen LogP contribution in [0, 0.1) is 5.92 Å². The minimum atomic E-state index is -4.80. The van der Waals surface area contributed by atoms with Gasteiger partial charge in [-0.2, -0.15) is 15.0 Å². The van der Waals surface area contributed by atoms with E-state index in [-0.39, 0.29) is 41.6 Å². The molecule has 0 bridgehead atoms. The van der Waals surface area contributed by atoms with Gasteiger partial charge in [-0.3, -0.25) is 4.79 Å². The second-order valence-electron chi connectivity index (χ2n) is 9.82. The van der Waals surface area contributed by atoms with Gasteiger partial charge in [-0.15, -0.1) is 13.2 Å². The van der Waals surface area contributed by atoms with E-state index < -0.39 is 6.36 Å². The van der Waals surface area contributed by atoms with Crippen molar-refractivity contribution in [3.63, 3.8) is 0 Å². The highest BCUT2D eigenvalue weighted by Gasteiger charge is 2.32. The molecule has 0 radical (unpaired) electrons. The van der Waals surface area contributed by atoms with Gasteiger partial charge < -0.3 is 26.0 Å². The summed E-state index contributed by atoms with van der Waals surface area (Å²) in [4.78, 5) is 26.1. The van der Waals surface area contributed by atoms with Crippen LogP contribution in [0.25, 0.3) is 0 Å². The molecule has 1 amide bonds. The molecule has 0 aliphatic heterocycles. The topological polar surface area (TPSA) is 113 Å². The quantitative estimate of drug-likeness (QED) is 0.251. The summed E-state index contributed by atoms with van der Waals surface area (Å²) in [5.74, 6) is 0.893. The van der Waals surface area contributed by atoms with Gasteiger partial charge in [0.2, 0.25) is 23.8 Å². The lowest BCUT2D eigenvalue weighted by molar-refractivity contribution is -0.274. The van der Waals surface area contributed by atoms with Crippen LogP contribution < -0.4 is 26.0 Å². The molecule has 2 aromatic carbocycles. The van der Waals surface area contributed by atoms with Crippen LogP contribution in [0.5, 0.6) is 5.75 Å². The molecular formula is C28H34F3N7O2. The highest BCUT2D eigenvalue weighted by molar-refractivity contribution is 5.78. The van der Waals surface area contributed by atoms with E-state index in [1.807, 2.05) is 18.2 Å². The smallest absolute Gasteiger partial charge is 0.405 e. The predicted molar refractivity (Wildman–Crippen MR) is 147 cm³/mol. The molecule has 12 heteroatoms. The maximum Gasteiger partial charge on any atom is 0.573 e. The molecule has 1 unspecified atom stereocenters. The van der Waals surface area contributed by atoms with Crippen LogP contribution in [-0.2, 0) is 11.3 Å². The Morgan fingerprint density at radius 3 is 2.30 bits per heavy atom. The van der Waals surface area contributed by atoms with Crippen molar-refractivity contribution in [2.24, 2.45) is 5.92 Å². The minimum Gasteiger partial charge on any atom is -0.405 e. The number of para-hydroxylation sites is 1. The number of aromatic nitrogens is 3. The van der Waals surface area contributed by atoms with E-state index in [1.165, 1.54) is 23.8 Å². The predicted octanol–water partition coefficient (Wildman–Crippen LogP) is 5.31. The molecule has 1 heterocycles. The first-order chi connectivity index (χ1) is 19.2. The van der Waals surface area contributed by atoms with Gasteiger partial charge in [0.1, 0.15) is 5.75 Å². The van der Waals surface area contributed by atoms with Crippen LogP contribution in [0.1, 0.15) is 49.7 Å². The summed E-state index contributed by atoms with van der Waals surface area (Å²) in [5, 5.41) is 12.4. The number of alkyl halides is 3. The number of benzene rings is 2. The zero-order valence-electron chi connectivity index (χ0n) is 22.5. The fraction of sp³-hybridized carbons (Fsp3) is 0.429. The van der Waals surface area contributed by atoms with E-state index in [0.717, 1.165) is 12.8 Å². The molecule has 9 nitrogen and oxygen atoms in total. The number of hydrogen-bond acceptors (Lipinski definition) is 8. The summed E-state index contributed by atoms with van der Waals surface area (Å²) >= 11 is 0.